The fourth-order valence-electron chi connectivity index (χ4n) is 2.74. The highest BCUT2D eigenvalue weighted by Crippen LogP contribution is 2.29. The highest BCUT2D eigenvalue weighted by atomic mass is 16.5. The Morgan fingerprint density at radius 2 is 1.57 bits per heavy atom. The lowest BCUT2D eigenvalue weighted by Gasteiger charge is -2.14. The molecule has 0 aliphatic heterocycles. The number of hydrogen-bond donors (Lipinski definition) is 1. The SMILES string of the molecule is COC(=O)C(O)Cc1c2ccccc2cc2ccccc12. The van der Waals surface area contributed by atoms with Gasteiger partial charge in [-0.2, -0.15) is 0 Å². The maximum absolute atomic E-state index is 11.5. The van der Waals surface area contributed by atoms with Crippen LogP contribution in [0, 0.1) is 0 Å². The fraction of sp³-hybridized carbons (Fsp3) is 0.167. The second kappa shape index (κ2) is 5.54. The predicted octanol–water partition coefficient (Wildman–Crippen LogP) is 3.07. The number of carbonyl (C=O) groups excluding carboxylic acids is 1. The van der Waals surface area contributed by atoms with Crippen molar-refractivity contribution in [3.8, 4) is 0 Å². The lowest BCUT2D eigenvalue weighted by molar-refractivity contribution is -0.150. The number of benzene rings is 3. The number of aliphatic hydroxyl groups is 1. The molecule has 0 bridgehead atoms. The zero-order valence-corrected chi connectivity index (χ0v) is 11.7. The van der Waals surface area contributed by atoms with Crippen molar-refractivity contribution < 1.29 is 14.6 Å². The van der Waals surface area contributed by atoms with Crippen molar-refractivity contribution in [2.75, 3.05) is 7.11 Å². The molecule has 0 heterocycles. The van der Waals surface area contributed by atoms with Crippen molar-refractivity contribution >= 4 is 27.5 Å². The molecule has 0 fully saturated rings. The lowest BCUT2D eigenvalue weighted by atomic mass is 9.93. The second-order valence-corrected chi connectivity index (χ2v) is 5.04. The van der Waals surface area contributed by atoms with Crippen molar-refractivity contribution in [2.45, 2.75) is 12.5 Å². The van der Waals surface area contributed by atoms with Gasteiger partial charge in [-0.25, -0.2) is 4.79 Å². The molecule has 0 aromatic heterocycles. The zero-order chi connectivity index (χ0) is 14.8. The van der Waals surface area contributed by atoms with E-state index in [4.69, 9.17) is 0 Å². The minimum atomic E-state index is -1.15. The molecule has 0 radical (unpaired) electrons. The molecule has 3 heteroatoms. The highest BCUT2D eigenvalue weighted by Gasteiger charge is 2.18. The Bertz CT molecular complexity index is 754. The molecule has 1 atom stereocenters. The third kappa shape index (κ3) is 2.48. The van der Waals surface area contributed by atoms with Crippen LogP contribution in [-0.2, 0) is 16.0 Å². The molecule has 21 heavy (non-hydrogen) atoms. The van der Waals surface area contributed by atoms with Gasteiger partial charge in [-0.05, 0) is 33.2 Å². The van der Waals surface area contributed by atoms with Crippen LogP contribution in [0.5, 0.6) is 0 Å². The Hall–Kier alpha value is -2.39. The van der Waals surface area contributed by atoms with E-state index in [-0.39, 0.29) is 6.42 Å². The minimum absolute atomic E-state index is 0.245. The van der Waals surface area contributed by atoms with Gasteiger partial charge in [0.1, 0.15) is 0 Å². The van der Waals surface area contributed by atoms with Crippen molar-refractivity contribution in [1.82, 2.24) is 0 Å². The Balaban J connectivity index is 2.22. The van der Waals surface area contributed by atoms with Crippen LogP contribution in [0.4, 0.5) is 0 Å². The quantitative estimate of drug-likeness (QED) is 0.592. The van der Waals surface area contributed by atoms with Crippen LogP contribution in [-0.4, -0.2) is 24.3 Å². The van der Waals surface area contributed by atoms with Crippen LogP contribution in [0.2, 0.25) is 0 Å². The van der Waals surface area contributed by atoms with Crippen LogP contribution in [0.1, 0.15) is 5.56 Å². The van der Waals surface area contributed by atoms with Crippen molar-refractivity contribution in [1.29, 1.82) is 0 Å². The number of methoxy groups -OCH3 is 1. The van der Waals surface area contributed by atoms with Gasteiger partial charge in [0.05, 0.1) is 7.11 Å². The van der Waals surface area contributed by atoms with Gasteiger partial charge >= 0.3 is 5.97 Å². The molecule has 0 saturated carbocycles. The maximum Gasteiger partial charge on any atom is 0.335 e. The van der Waals surface area contributed by atoms with Gasteiger partial charge in [0.15, 0.2) is 6.10 Å². The van der Waals surface area contributed by atoms with Gasteiger partial charge in [-0.1, -0.05) is 48.5 Å². The number of hydrogen-bond acceptors (Lipinski definition) is 3. The first-order valence-electron chi connectivity index (χ1n) is 6.86. The third-order valence-electron chi connectivity index (χ3n) is 3.75. The molecule has 3 rings (SSSR count). The third-order valence-corrected chi connectivity index (χ3v) is 3.75. The van der Waals surface area contributed by atoms with E-state index in [0.29, 0.717) is 0 Å². The van der Waals surface area contributed by atoms with Gasteiger partial charge < -0.3 is 9.84 Å². The first-order valence-corrected chi connectivity index (χ1v) is 6.86. The van der Waals surface area contributed by atoms with Gasteiger partial charge in [-0.3, -0.25) is 0 Å². The molecule has 3 aromatic rings. The molecule has 1 N–H and O–H groups in total. The average molecular weight is 280 g/mol. The molecule has 3 nitrogen and oxygen atoms in total. The van der Waals surface area contributed by atoms with Gasteiger partial charge in [0, 0.05) is 6.42 Å². The molecule has 0 amide bonds. The summed E-state index contributed by atoms with van der Waals surface area (Å²) >= 11 is 0. The van der Waals surface area contributed by atoms with Crippen LogP contribution >= 0.6 is 0 Å². The maximum atomic E-state index is 11.5. The largest absolute Gasteiger partial charge is 0.467 e. The summed E-state index contributed by atoms with van der Waals surface area (Å²) in [5.41, 5.74) is 0.974. The van der Waals surface area contributed by atoms with Crippen LogP contribution in [0.3, 0.4) is 0 Å². The zero-order valence-electron chi connectivity index (χ0n) is 11.7. The van der Waals surface area contributed by atoms with E-state index >= 15 is 0 Å². The Labute approximate surface area is 122 Å². The van der Waals surface area contributed by atoms with E-state index < -0.39 is 12.1 Å². The van der Waals surface area contributed by atoms with Gasteiger partial charge in [0.2, 0.25) is 0 Å². The predicted molar refractivity (Wildman–Crippen MR) is 83.2 cm³/mol. The van der Waals surface area contributed by atoms with Crippen LogP contribution in [0.15, 0.2) is 54.6 Å². The number of aliphatic hydroxyl groups excluding tert-OH is 1. The summed E-state index contributed by atoms with van der Waals surface area (Å²) in [5.74, 6) is -0.605. The van der Waals surface area contributed by atoms with E-state index in [1.807, 2.05) is 48.5 Å². The van der Waals surface area contributed by atoms with Crippen molar-refractivity contribution in [3.63, 3.8) is 0 Å². The number of esters is 1. The fourth-order valence-corrected chi connectivity index (χ4v) is 2.74. The number of carbonyl (C=O) groups is 1. The summed E-state index contributed by atoms with van der Waals surface area (Å²) in [6, 6.07) is 18.1. The molecule has 3 aromatic carbocycles. The van der Waals surface area contributed by atoms with E-state index in [1.54, 1.807) is 0 Å². The standard InChI is InChI=1S/C18H16O3/c1-21-18(20)17(19)11-16-14-8-4-2-6-12(14)10-13-7-3-5-9-15(13)16/h2-10,17,19H,11H2,1H3. The summed E-state index contributed by atoms with van der Waals surface area (Å²) < 4.78 is 4.62. The first kappa shape index (κ1) is 13.6. The monoisotopic (exact) mass is 280 g/mol. The minimum Gasteiger partial charge on any atom is -0.467 e. The normalized spacial score (nSPS) is 12.5. The molecule has 0 spiro atoms. The summed E-state index contributed by atoms with van der Waals surface area (Å²) in [4.78, 5) is 11.5. The van der Waals surface area contributed by atoms with Gasteiger partial charge in [-0.15, -0.1) is 0 Å². The summed E-state index contributed by atoms with van der Waals surface area (Å²) in [6.45, 7) is 0. The first-order chi connectivity index (χ1) is 10.2. The summed E-state index contributed by atoms with van der Waals surface area (Å²) in [6.07, 6.45) is -0.904. The molecule has 1 unspecified atom stereocenters. The molecule has 0 aliphatic rings. The number of ether oxygens (including phenoxy) is 1. The molecular formula is C18H16O3. The van der Waals surface area contributed by atoms with E-state index in [2.05, 4.69) is 10.8 Å². The molecule has 0 aliphatic carbocycles. The molecule has 0 saturated heterocycles. The Morgan fingerprint density at radius 3 is 2.10 bits per heavy atom. The summed E-state index contributed by atoms with van der Waals surface area (Å²) in [5, 5.41) is 14.3. The average Bonchev–Trinajstić information content (AvgIpc) is 2.53. The van der Waals surface area contributed by atoms with Crippen LogP contribution < -0.4 is 0 Å². The smallest absolute Gasteiger partial charge is 0.335 e. The highest BCUT2D eigenvalue weighted by molar-refractivity contribution is 6.02. The topological polar surface area (TPSA) is 46.5 Å². The molecule has 106 valence electrons. The summed E-state index contributed by atoms with van der Waals surface area (Å²) in [7, 11) is 1.28. The molecular weight excluding hydrogens is 264 g/mol. The number of rotatable bonds is 3. The Kier molecular flexibility index (Phi) is 3.59. The van der Waals surface area contributed by atoms with Crippen molar-refractivity contribution in [2.24, 2.45) is 0 Å². The lowest BCUT2D eigenvalue weighted by Crippen LogP contribution is -2.24. The second-order valence-electron chi connectivity index (χ2n) is 5.04. The van der Waals surface area contributed by atoms with Crippen LogP contribution in [0.25, 0.3) is 21.5 Å². The number of fused-ring (bicyclic) bond motifs is 2. The van der Waals surface area contributed by atoms with E-state index in [0.717, 1.165) is 27.1 Å². The van der Waals surface area contributed by atoms with Crippen molar-refractivity contribution in [3.05, 3.63) is 60.2 Å². The van der Waals surface area contributed by atoms with E-state index in [1.165, 1.54) is 7.11 Å². The van der Waals surface area contributed by atoms with Gasteiger partial charge in [0.25, 0.3) is 0 Å². The van der Waals surface area contributed by atoms with E-state index in [9.17, 15) is 9.90 Å². The Morgan fingerprint density at radius 1 is 1.05 bits per heavy atom.